The minimum absolute atomic E-state index is 1.04. The van der Waals surface area contributed by atoms with Crippen molar-refractivity contribution in [3.8, 4) is 0 Å². The van der Waals surface area contributed by atoms with Crippen LogP contribution in [0.5, 0.6) is 0 Å². The highest BCUT2D eigenvalue weighted by Gasteiger charge is 2.03. The SMILES string of the molecule is C=C/C=C(\C=C)c1cc2ccc(Br)cc2[nH]1. The number of halogens is 1. The maximum Gasteiger partial charge on any atom is 0.0470 e. The van der Waals surface area contributed by atoms with E-state index in [1.54, 1.807) is 6.08 Å². The lowest BCUT2D eigenvalue weighted by Gasteiger charge is -1.95. The molecule has 1 aromatic heterocycles. The predicted octanol–water partition coefficient (Wildman–Crippen LogP) is 4.69. The zero-order valence-corrected chi connectivity index (χ0v) is 10.4. The van der Waals surface area contributed by atoms with Gasteiger partial charge in [-0.05, 0) is 23.8 Å². The molecule has 0 saturated carbocycles. The number of aromatic nitrogens is 1. The van der Waals surface area contributed by atoms with Crippen molar-refractivity contribution in [3.63, 3.8) is 0 Å². The number of hydrogen-bond acceptors (Lipinski definition) is 0. The van der Waals surface area contributed by atoms with Crippen LogP contribution in [-0.4, -0.2) is 4.98 Å². The van der Waals surface area contributed by atoms with Crippen molar-refractivity contribution >= 4 is 32.4 Å². The van der Waals surface area contributed by atoms with Gasteiger partial charge in [-0.1, -0.05) is 53.4 Å². The molecule has 0 aliphatic carbocycles. The average molecular weight is 274 g/mol. The maximum absolute atomic E-state index is 3.80. The number of rotatable bonds is 3. The lowest BCUT2D eigenvalue weighted by molar-refractivity contribution is 1.41. The third-order valence-electron chi connectivity index (χ3n) is 2.41. The van der Waals surface area contributed by atoms with E-state index in [1.807, 2.05) is 18.2 Å². The van der Waals surface area contributed by atoms with Gasteiger partial charge in [0.2, 0.25) is 0 Å². The fourth-order valence-corrected chi connectivity index (χ4v) is 2.01. The number of benzene rings is 1. The zero-order valence-electron chi connectivity index (χ0n) is 8.83. The minimum Gasteiger partial charge on any atom is -0.354 e. The Morgan fingerprint density at radius 3 is 2.75 bits per heavy atom. The first-order chi connectivity index (χ1) is 7.74. The van der Waals surface area contributed by atoms with Crippen molar-refractivity contribution in [1.82, 2.24) is 4.98 Å². The smallest absolute Gasteiger partial charge is 0.0470 e. The van der Waals surface area contributed by atoms with E-state index in [0.717, 1.165) is 21.3 Å². The van der Waals surface area contributed by atoms with Crippen molar-refractivity contribution in [2.24, 2.45) is 0 Å². The highest BCUT2D eigenvalue weighted by atomic mass is 79.9. The van der Waals surface area contributed by atoms with E-state index in [4.69, 9.17) is 0 Å². The van der Waals surface area contributed by atoms with Crippen LogP contribution in [0.3, 0.4) is 0 Å². The highest BCUT2D eigenvalue weighted by molar-refractivity contribution is 9.10. The van der Waals surface area contributed by atoms with Gasteiger partial charge in [-0.2, -0.15) is 0 Å². The average Bonchev–Trinajstić information content (AvgIpc) is 2.68. The fourth-order valence-electron chi connectivity index (χ4n) is 1.65. The number of hydrogen-bond donors (Lipinski definition) is 1. The molecule has 0 saturated heterocycles. The summed E-state index contributed by atoms with van der Waals surface area (Å²) in [4.78, 5) is 3.35. The topological polar surface area (TPSA) is 15.8 Å². The molecular formula is C14H12BrN. The van der Waals surface area contributed by atoms with Gasteiger partial charge in [0.15, 0.2) is 0 Å². The summed E-state index contributed by atoms with van der Waals surface area (Å²) >= 11 is 3.46. The van der Waals surface area contributed by atoms with Crippen molar-refractivity contribution in [2.75, 3.05) is 0 Å². The Balaban J connectivity index is 2.58. The summed E-state index contributed by atoms with van der Waals surface area (Å²) in [6.45, 7) is 7.49. The number of allylic oxidation sites excluding steroid dienone is 4. The Labute approximate surface area is 103 Å². The van der Waals surface area contributed by atoms with Gasteiger partial charge in [0.05, 0.1) is 0 Å². The monoisotopic (exact) mass is 273 g/mol. The van der Waals surface area contributed by atoms with E-state index in [1.165, 1.54) is 5.39 Å². The van der Waals surface area contributed by atoms with Gasteiger partial charge >= 0.3 is 0 Å². The van der Waals surface area contributed by atoms with Crippen LogP contribution in [0.4, 0.5) is 0 Å². The molecule has 0 radical (unpaired) electrons. The summed E-state index contributed by atoms with van der Waals surface area (Å²) in [6.07, 6.45) is 5.52. The van der Waals surface area contributed by atoms with E-state index >= 15 is 0 Å². The summed E-state index contributed by atoms with van der Waals surface area (Å²) in [5.41, 5.74) is 3.21. The van der Waals surface area contributed by atoms with Gasteiger partial charge in [-0.15, -0.1) is 0 Å². The molecule has 1 N–H and O–H groups in total. The van der Waals surface area contributed by atoms with Gasteiger partial charge in [-0.3, -0.25) is 0 Å². The third kappa shape index (κ3) is 2.02. The van der Waals surface area contributed by atoms with Gasteiger partial charge in [0.25, 0.3) is 0 Å². The lowest BCUT2D eigenvalue weighted by Crippen LogP contribution is -1.78. The van der Waals surface area contributed by atoms with Crippen LogP contribution in [0.2, 0.25) is 0 Å². The zero-order chi connectivity index (χ0) is 11.5. The fraction of sp³-hybridized carbons (Fsp3) is 0. The second-order valence-electron chi connectivity index (χ2n) is 3.48. The summed E-state index contributed by atoms with van der Waals surface area (Å²) in [5.74, 6) is 0. The summed E-state index contributed by atoms with van der Waals surface area (Å²) in [7, 11) is 0. The molecule has 16 heavy (non-hydrogen) atoms. The van der Waals surface area contributed by atoms with Crippen molar-refractivity contribution in [3.05, 3.63) is 65.8 Å². The normalized spacial score (nSPS) is 11.7. The quantitative estimate of drug-likeness (QED) is 0.782. The molecule has 2 rings (SSSR count). The van der Waals surface area contributed by atoms with Crippen molar-refractivity contribution in [1.29, 1.82) is 0 Å². The lowest BCUT2D eigenvalue weighted by atomic mass is 10.1. The van der Waals surface area contributed by atoms with Crippen LogP contribution in [0.15, 0.2) is 60.1 Å². The molecule has 1 nitrogen and oxygen atoms in total. The van der Waals surface area contributed by atoms with E-state index in [2.05, 4.69) is 52.3 Å². The van der Waals surface area contributed by atoms with Crippen LogP contribution < -0.4 is 0 Å². The second kappa shape index (κ2) is 4.54. The molecule has 0 unspecified atom stereocenters. The standard InChI is InChI=1S/C14H12BrN/c1-3-5-10(4-2)13-8-11-6-7-12(15)9-14(11)16-13/h3-9,16H,1-2H2/b10-5+. The largest absolute Gasteiger partial charge is 0.354 e. The van der Waals surface area contributed by atoms with Crippen LogP contribution in [0, 0.1) is 0 Å². The maximum atomic E-state index is 3.80. The van der Waals surface area contributed by atoms with Crippen LogP contribution in [-0.2, 0) is 0 Å². The van der Waals surface area contributed by atoms with E-state index in [9.17, 15) is 0 Å². The van der Waals surface area contributed by atoms with Crippen molar-refractivity contribution < 1.29 is 0 Å². The molecule has 80 valence electrons. The van der Waals surface area contributed by atoms with Gasteiger partial charge in [0, 0.05) is 21.1 Å². The molecule has 2 heteroatoms. The molecular weight excluding hydrogens is 262 g/mol. The van der Waals surface area contributed by atoms with Crippen molar-refractivity contribution in [2.45, 2.75) is 0 Å². The number of fused-ring (bicyclic) bond motifs is 1. The summed E-state index contributed by atoms with van der Waals surface area (Å²) in [6, 6.07) is 8.28. The third-order valence-corrected chi connectivity index (χ3v) is 2.91. The minimum atomic E-state index is 1.04. The second-order valence-corrected chi connectivity index (χ2v) is 4.39. The first-order valence-corrected chi connectivity index (χ1v) is 5.77. The molecule has 0 amide bonds. The number of H-pyrrole nitrogens is 1. The molecule has 1 heterocycles. The molecule has 0 fully saturated rings. The molecule has 0 atom stereocenters. The van der Waals surface area contributed by atoms with E-state index < -0.39 is 0 Å². The van der Waals surface area contributed by atoms with Gasteiger partial charge in [0.1, 0.15) is 0 Å². The molecule has 0 aliphatic rings. The molecule has 0 spiro atoms. The first kappa shape index (κ1) is 11.0. The first-order valence-electron chi connectivity index (χ1n) is 4.98. The molecule has 1 aromatic carbocycles. The van der Waals surface area contributed by atoms with E-state index in [-0.39, 0.29) is 0 Å². The summed E-state index contributed by atoms with van der Waals surface area (Å²) in [5, 5.41) is 1.19. The Morgan fingerprint density at radius 2 is 2.06 bits per heavy atom. The highest BCUT2D eigenvalue weighted by Crippen LogP contribution is 2.24. The number of nitrogens with one attached hydrogen (secondary N) is 1. The molecule has 0 bridgehead atoms. The van der Waals surface area contributed by atoms with Crippen LogP contribution >= 0.6 is 15.9 Å². The van der Waals surface area contributed by atoms with E-state index in [0.29, 0.717) is 0 Å². The number of aromatic amines is 1. The van der Waals surface area contributed by atoms with Crippen LogP contribution in [0.1, 0.15) is 5.69 Å². The molecule has 0 aliphatic heterocycles. The van der Waals surface area contributed by atoms with Crippen LogP contribution in [0.25, 0.3) is 16.5 Å². The van der Waals surface area contributed by atoms with Gasteiger partial charge < -0.3 is 4.98 Å². The Hall–Kier alpha value is -1.54. The predicted molar refractivity (Wildman–Crippen MR) is 74.4 cm³/mol. The Kier molecular flexibility index (Phi) is 3.11. The summed E-state index contributed by atoms with van der Waals surface area (Å²) < 4.78 is 1.07. The molecule has 2 aromatic rings. The Morgan fingerprint density at radius 1 is 1.25 bits per heavy atom. The Bertz CT molecular complexity index is 575. The van der Waals surface area contributed by atoms with Gasteiger partial charge in [-0.25, -0.2) is 0 Å².